The number of hydrogen-bond acceptors (Lipinski definition) is 1. The Morgan fingerprint density at radius 3 is 3.25 bits per heavy atom. The quantitative estimate of drug-likeness (QED) is 0.530. The molecule has 2 aliphatic heterocycles. The van der Waals surface area contributed by atoms with Crippen molar-refractivity contribution in [3.05, 3.63) is 24.3 Å². The Kier molecular flexibility index (Phi) is 1.75. The molecule has 2 rings (SSSR count). The molecule has 0 aromatic carbocycles. The fraction of sp³-hybridized carbons (Fsp3) is 0.500. The van der Waals surface area contributed by atoms with Crippen LogP contribution in [-0.4, -0.2) is 23.4 Å². The Balaban J connectivity index is 2.24. The largest absolute Gasteiger partial charge is 0.335 e. The molecule has 0 N–H and O–H groups in total. The summed E-state index contributed by atoms with van der Waals surface area (Å²) in [6.07, 6.45) is 6.80. The lowest BCUT2D eigenvalue weighted by Gasteiger charge is -2.22. The van der Waals surface area contributed by atoms with Gasteiger partial charge in [0, 0.05) is 13.0 Å². The molecule has 0 spiro atoms. The third-order valence-corrected chi connectivity index (χ3v) is 2.62. The lowest BCUT2D eigenvalue weighted by Crippen LogP contribution is -2.33. The minimum atomic E-state index is 0.296. The van der Waals surface area contributed by atoms with Gasteiger partial charge in [-0.3, -0.25) is 4.79 Å². The average molecular weight is 163 g/mol. The van der Waals surface area contributed by atoms with Crippen LogP contribution in [0.1, 0.15) is 19.3 Å². The Bertz CT molecular complexity index is 255. The van der Waals surface area contributed by atoms with Crippen LogP contribution >= 0.6 is 0 Å². The van der Waals surface area contributed by atoms with Crippen LogP contribution in [0.2, 0.25) is 0 Å². The van der Waals surface area contributed by atoms with Gasteiger partial charge in [0.25, 0.3) is 0 Å². The number of fused-ring (bicyclic) bond motifs is 1. The molecular formula is C10H13NO. The number of hydrogen-bond donors (Lipinski definition) is 0. The van der Waals surface area contributed by atoms with E-state index in [4.69, 9.17) is 0 Å². The van der Waals surface area contributed by atoms with Crippen molar-refractivity contribution in [1.82, 2.24) is 4.90 Å². The van der Waals surface area contributed by atoms with Crippen LogP contribution in [0.5, 0.6) is 0 Å². The van der Waals surface area contributed by atoms with Crippen molar-refractivity contribution in [3.63, 3.8) is 0 Å². The van der Waals surface area contributed by atoms with E-state index in [1.807, 2.05) is 4.90 Å². The van der Waals surface area contributed by atoms with Gasteiger partial charge in [0.2, 0.25) is 5.91 Å². The Hall–Kier alpha value is -1.05. The number of amides is 1. The van der Waals surface area contributed by atoms with Crippen molar-refractivity contribution >= 4 is 5.91 Å². The summed E-state index contributed by atoms with van der Waals surface area (Å²) in [5, 5.41) is 0. The first-order valence-corrected chi connectivity index (χ1v) is 4.44. The first kappa shape index (κ1) is 7.59. The van der Waals surface area contributed by atoms with Crippen molar-refractivity contribution in [2.45, 2.75) is 25.3 Å². The molecule has 0 saturated carbocycles. The van der Waals surface area contributed by atoms with Gasteiger partial charge >= 0.3 is 0 Å². The standard InChI is InChI=1S/C10H13NO/c1-8-4-2-3-7-11-9(8)5-6-10(11)12/h2,4,9H,1,3,5-7H2/t9-/m1/s1. The SMILES string of the molecule is C=C1C=CCCN2C(=O)CC[C@H]12. The molecule has 0 radical (unpaired) electrons. The molecule has 12 heavy (non-hydrogen) atoms. The molecule has 0 aromatic rings. The minimum Gasteiger partial charge on any atom is -0.335 e. The van der Waals surface area contributed by atoms with Gasteiger partial charge in [-0.15, -0.1) is 0 Å². The molecule has 0 aliphatic carbocycles. The molecule has 1 atom stereocenters. The van der Waals surface area contributed by atoms with E-state index in [1.54, 1.807) is 0 Å². The summed E-state index contributed by atoms with van der Waals surface area (Å²) in [5.41, 5.74) is 1.10. The van der Waals surface area contributed by atoms with Gasteiger partial charge in [-0.05, 0) is 18.4 Å². The highest BCUT2D eigenvalue weighted by Crippen LogP contribution is 2.26. The van der Waals surface area contributed by atoms with Crippen LogP contribution in [0.25, 0.3) is 0 Å². The Morgan fingerprint density at radius 1 is 1.58 bits per heavy atom. The highest BCUT2D eigenvalue weighted by atomic mass is 16.2. The highest BCUT2D eigenvalue weighted by molar-refractivity contribution is 5.79. The van der Waals surface area contributed by atoms with Gasteiger partial charge < -0.3 is 4.90 Å². The zero-order chi connectivity index (χ0) is 8.55. The van der Waals surface area contributed by atoms with E-state index in [9.17, 15) is 4.79 Å². The summed E-state index contributed by atoms with van der Waals surface area (Å²) >= 11 is 0. The normalized spacial score (nSPS) is 29.0. The maximum Gasteiger partial charge on any atom is 0.223 e. The zero-order valence-corrected chi connectivity index (χ0v) is 7.12. The third-order valence-electron chi connectivity index (χ3n) is 2.62. The fourth-order valence-electron chi connectivity index (χ4n) is 1.96. The lowest BCUT2D eigenvalue weighted by atomic mass is 10.1. The highest BCUT2D eigenvalue weighted by Gasteiger charge is 2.31. The lowest BCUT2D eigenvalue weighted by molar-refractivity contribution is -0.128. The molecular weight excluding hydrogens is 150 g/mol. The maximum absolute atomic E-state index is 11.4. The summed E-state index contributed by atoms with van der Waals surface area (Å²) in [7, 11) is 0. The predicted octanol–water partition coefficient (Wildman–Crippen LogP) is 1.49. The van der Waals surface area contributed by atoms with Gasteiger partial charge in [0.05, 0.1) is 6.04 Å². The number of carbonyl (C=O) groups excluding carboxylic acids is 1. The molecule has 2 heteroatoms. The van der Waals surface area contributed by atoms with Crippen LogP contribution in [-0.2, 0) is 4.79 Å². The molecule has 0 unspecified atom stereocenters. The van der Waals surface area contributed by atoms with E-state index < -0.39 is 0 Å². The van der Waals surface area contributed by atoms with Crippen LogP contribution in [0.4, 0.5) is 0 Å². The van der Waals surface area contributed by atoms with Gasteiger partial charge in [-0.25, -0.2) is 0 Å². The van der Waals surface area contributed by atoms with Gasteiger partial charge in [0.15, 0.2) is 0 Å². The molecule has 2 heterocycles. The summed E-state index contributed by atoms with van der Waals surface area (Å²) in [5.74, 6) is 0.296. The summed E-state index contributed by atoms with van der Waals surface area (Å²) in [6.45, 7) is 4.84. The van der Waals surface area contributed by atoms with E-state index in [-0.39, 0.29) is 0 Å². The first-order chi connectivity index (χ1) is 5.79. The summed E-state index contributed by atoms with van der Waals surface area (Å²) in [6, 6.07) is 0.302. The van der Waals surface area contributed by atoms with Crippen molar-refractivity contribution in [1.29, 1.82) is 0 Å². The molecule has 1 fully saturated rings. The summed E-state index contributed by atoms with van der Waals surface area (Å²) < 4.78 is 0. The summed E-state index contributed by atoms with van der Waals surface area (Å²) in [4.78, 5) is 13.3. The molecule has 0 bridgehead atoms. The van der Waals surface area contributed by atoms with Crippen molar-refractivity contribution in [2.75, 3.05) is 6.54 Å². The molecule has 0 aromatic heterocycles. The van der Waals surface area contributed by atoms with E-state index >= 15 is 0 Å². The smallest absolute Gasteiger partial charge is 0.223 e. The minimum absolute atomic E-state index is 0.296. The molecule has 64 valence electrons. The first-order valence-electron chi connectivity index (χ1n) is 4.44. The van der Waals surface area contributed by atoms with Crippen molar-refractivity contribution < 1.29 is 4.79 Å². The topological polar surface area (TPSA) is 20.3 Å². The second-order valence-corrected chi connectivity index (χ2v) is 3.41. The monoisotopic (exact) mass is 163 g/mol. The molecule has 2 aliphatic rings. The second-order valence-electron chi connectivity index (χ2n) is 3.41. The number of rotatable bonds is 0. The predicted molar refractivity (Wildman–Crippen MR) is 47.6 cm³/mol. The van der Waals surface area contributed by atoms with Gasteiger partial charge in [-0.1, -0.05) is 18.7 Å². The number of carbonyl (C=O) groups is 1. The van der Waals surface area contributed by atoms with Crippen molar-refractivity contribution in [2.24, 2.45) is 0 Å². The Morgan fingerprint density at radius 2 is 2.42 bits per heavy atom. The third kappa shape index (κ3) is 1.07. The van der Waals surface area contributed by atoms with E-state index in [0.717, 1.165) is 25.0 Å². The van der Waals surface area contributed by atoms with E-state index in [1.165, 1.54) is 0 Å². The van der Waals surface area contributed by atoms with Gasteiger partial charge in [0.1, 0.15) is 0 Å². The average Bonchev–Trinajstić information content (AvgIpc) is 2.30. The maximum atomic E-state index is 11.4. The van der Waals surface area contributed by atoms with Crippen LogP contribution in [0, 0.1) is 0 Å². The van der Waals surface area contributed by atoms with Crippen molar-refractivity contribution in [3.8, 4) is 0 Å². The van der Waals surface area contributed by atoms with Crippen LogP contribution in [0.15, 0.2) is 24.3 Å². The molecule has 1 amide bonds. The van der Waals surface area contributed by atoms with Gasteiger partial charge in [-0.2, -0.15) is 0 Å². The molecule has 1 saturated heterocycles. The fourth-order valence-corrected chi connectivity index (χ4v) is 1.96. The van der Waals surface area contributed by atoms with E-state index in [0.29, 0.717) is 18.4 Å². The van der Waals surface area contributed by atoms with Crippen LogP contribution < -0.4 is 0 Å². The van der Waals surface area contributed by atoms with E-state index in [2.05, 4.69) is 18.7 Å². The molecule has 2 nitrogen and oxygen atoms in total. The zero-order valence-electron chi connectivity index (χ0n) is 7.12. The number of nitrogens with zero attached hydrogens (tertiary/aromatic N) is 1. The Labute approximate surface area is 72.6 Å². The van der Waals surface area contributed by atoms with Crippen LogP contribution in [0.3, 0.4) is 0 Å². The second kappa shape index (κ2) is 2.77.